The zero-order chi connectivity index (χ0) is 18.8. The fraction of sp³-hybridized carbons (Fsp3) is 0.611. The van der Waals surface area contributed by atoms with Gasteiger partial charge in [-0.05, 0) is 44.7 Å². The minimum atomic E-state index is -3.47. The van der Waals surface area contributed by atoms with Crippen molar-refractivity contribution in [2.45, 2.75) is 39.7 Å². The van der Waals surface area contributed by atoms with Gasteiger partial charge in [-0.3, -0.25) is 4.79 Å². The Bertz CT molecular complexity index is 731. The molecule has 2 atom stereocenters. The molecule has 0 bridgehead atoms. The van der Waals surface area contributed by atoms with Crippen molar-refractivity contribution >= 4 is 16.1 Å². The molecule has 0 saturated carbocycles. The van der Waals surface area contributed by atoms with Gasteiger partial charge in [0.15, 0.2) is 0 Å². The number of hydrogen-bond acceptors (Lipinski definition) is 3. The molecule has 25 heavy (non-hydrogen) atoms. The molecule has 1 heterocycles. The van der Waals surface area contributed by atoms with Gasteiger partial charge in [0, 0.05) is 27.2 Å². The third-order valence-corrected chi connectivity index (χ3v) is 6.71. The molecule has 1 saturated heterocycles. The van der Waals surface area contributed by atoms with Crippen molar-refractivity contribution in [3.63, 3.8) is 0 Å². The molecule has 0 unspecified atom stereocenters. The zero-order valence-electron chi connectivity index (χ0n) is 15.7. The van der Waals surface area contributed by atoms with Crippen LogP contribution in [0, 0.1) is 19.8 Å². The van der Waals surface area contributed by atoms with E-state index in [2.05, 4.69) is 23.5 Å². The van der Waals surface area contributed by atoms with E-state index in [1.165, 1.54) is 22.7 Å². The minimum Gasteiger partial charge on any atom is -0.349 e. The van der Waals surface area contributed by atoms with Crippen LogP contribution in [0.4, 0.5) is 0 Å². The average molecular weight is 368 g/mol. The van der Waals surface area contributed by atoms with Crippen LogP contribution in [0.3, 0.4) is 0 Å². The molecule has 0 spiro atoms. The molecule has 0 aromatic heterocycles. The Kier molecular flexibility index (Phi) is 6.24. The molecule has 7 heteroatoms. The molecule has 6 nitrogen and oxygen atoms in total. The summed E-state index contributed by atoms with van der Waals surface area (Å²) in [6.45, 7) is 6.74. The maximum Gasteiger partial charge on any atom is 0.281 e. The number of hydrogen-bond donors (Lipinski definition) is 1. The van der Waals surface area contributed by atoms with Crippen molar-refractivity contribution in [1.82, 2.24) is 13.9 Å². The fourth-order valence-corrected chi connectivity index (χ4v) is 4.42. The van der Waals surface area contributed by atoms with Crippen LogP contribution in [0.2, 0.25) is 0 Å². The van der Waals surface area contributed by atoms with Gasteiger partial charge >= 0.3 is 0 Å². The highest BCUT2D eigenvalue weighted by Crippen LogP contribution is 2.23. The molecule has 0 radical (unpaired) electrons. The number of rotatable bonds is 5. The van der Waals surface area contributed by atoms with Gasteiger partial charge in [-0.2, -0.15) is 17.0 Å². The lowest BCUT2D eigenvalue weighted by Gasteiger charge is -2.33. The van der Waals surface area contributed by atoms with E-state index in [1.54, 1.807) is 0 Å². The number of aryl methyl sites for hydroxylation is 2. The molecule has 1 aliphatic rings. The van der Waals surface area contributed by atoms with Crippen LogP contribution in [0.5, 0.6) is 0 Å². The van der Waals surface area contributed by atoms with Gasteiger partial charge in [-0.15, -0.1) is 0 Å². The Balaban J connectivity index is 2.06. The summed E-state index contributed by atoms with van der Waals surface area (Å²) in [5.74, 6) is -0.386. The molecule has 1 aromatic carbocycles. The van der Waals surface area contributed by atoms with Gasteiger partial charge in [0.05, 0.1) is 12.0 Å². The number of nitrogens with zero attached hydrogens (tertiary/aromatic N) is 2. The highest BCUT2D eigenvalue weighted by molar-refractivity contribution is 7.86. The first kappa shape index (κ1) is 19.9. The predicted octanol–water partition coefficient (Wildman–Crippen LogP) is 2.00. The third kappa shape index (κ3) is 4.59. The van der Waals surface area contributed by atoms with E-state index in [-0.39, 0.29) is 24.4 Å². The first-order chi connectivity index (χ1) is 11.6. The summed E-state index contributed by atoms with van der Waals surface area (Å²) in [5.41, 5.74) is 3.39. The van der Waals surface area contributed by atoms with Crippen molar-refractivity contribution in [2.24, 2.45) is 5.92 Å². The Morgan fingerprint density at radius 3 is 2.64 bits per heavy atom. The van der Waals surface area contributed by atoms with Gasteiger partial charge in [0.1, 0.15) is 0 Å². The number of nitrogens with one attached hydrogen (secondary N) is 1. The first-order valence-electron chi connectivity index (χ1n) is 8.68. The Labute approximate surface area is 151 Å². The number of piperidine rings is 1. The largest absolute Gasteiger partial charge is 0.349 e. The van der Waals surface area contributed by atoms with Gasteiger partial charge in [0.25, 0.3) is 10.2 Å². The predicted molar refractivity (Wildman–Crippen MR) is 99.4 cm³/mol. The molecule has 1 amide bonds. The number of carbonyl (C=O) groups excluding carboxylic acids is 1. The number of amides is 1. The van der Waals surface area contributed by atoms with E-state index < -0.39 is 10.2 Å². The Hall–Kier alpha value is -1.44. The van der Waals surface area contributed by atoms with Crippen molar-refractivity contribution in [3.8, 4) is 0 Å². The van der Waals surface area contributed by atoms with Gasteiger partial charge < -0.3 is 5.32 Å². The number of benzene rings is 1. The fourth-order valence-electron chi connectivity index (χ4n) is 3.23. The molecular formula is C18H29N3O3S. The summed E-state index contributed by atoms with van der Waals surface area (Å²) in [5, 5.41) is 3.06. The molecule has 1 aliphatic heterocycles. The lowest BCUT2D eigenvalue weighted by atomic mass is 9.96. The summed E-state index contributed by atoms with van der Waals surface area (Å²) in [7, 11) is -0.442. The normalized spacial score (nSPS) is 20.5. The van der Waals surface area contributed by atoms with Crippen molar-refractivity contribution in [1.29, 1.82) is 0 Å². The highest BCUT2D eigenvalue weighted by atomic mass is 32.2. The molecule has 0 aliphatic carbocycles. The van der Waals surface area contributed by atoms with Crippen molar-refractivity contribution in [2.75, 3.05) is 27.2 Å². The molecule has 1 aromatic rings. The Morgan fingerprint density at radius 2 is 2.00 bits per heavy atom. The summed E-state index contributed by atoms with van der Waals surface area (Å²) in [6.07, 6.45) is 1.41. The number of carbonyl (C=O) groups is 1. The SMILES string of the molecule is Cc1ccc(C)c([C@@H](C)NC(=O)[C@H]2CCCN(S(=O)(=O)N(C)C)C2)c1. The van der Waals surface area contributed by atoms with Crippen LogP contribution >= 0.6 is 0 Å². The molecular weight excluding hydrogens is 338 g/mol. The average Bonchev–Trinajstić information content (AvgIpc) is 2.56. The monoisotopic (exact) mass is 367 g/mol. The van der Waals surface area contributed by atoms with Crippen LogP contribution in [0.15, 0.2) is 18.2 Å². The quantitative estimate of drug-likeness (QED) is 0.865. The second-order valence-electron chi connectivity index (χ2n) is 7.08. The summed E-state index contributed by atoms with van der Waals surface area (Å²) >= 11 is 0. The van der Waals surface area contributed by atoms with Gasteiger partial charge in [0.2, 0.25) is 5.91 Å². The smallest absolute Gasteiger partial charge is 0.281 e. The first-order valence-corrected chi connectivity index (χ1v) is 10.1. The lowest BCUT2D eigenvalue weighted by molar-refractivity contribution is -0.126. The maximum atomic E-state index is 12.7. The second-order valence-corrected chi connectivity index (χ2v) is 9.22. The summed E-state index contributed by atoms with van der Waals surface area (Å²) in [4.78, 5) is 12.7. The van der Waals surface area contributed by atoms with Crippen molar-refractivity contribution < 1.29 is 13.2 Å². The zero-order valence-corrected chi connectivity index (χ0v) is 16.6. The van der Waals surface area contributed by atoms with E-state index in [4.69, 9.17) is 0 Å². The third-order valence-electron chi connectivity index (χ3n) is 4.80. The van der Waals surface area contributed by atoms with Crippen LogP contribution in [0.1, 0.15) is 42.5 Å². The van der Waals surface area contributed by atoms with Crippen molar-refractivity contribution in [3.05, 3.63) is 34.9 Å². The second kappa shape index (κ2) is 7.85. The van der Waals surface area contributed by atoms with E-state index in [0.717, 1.165) is 16.7 Å². The lowest BCUT2D eigenvalue weighted by Crippen LogP contribution is -2.49. The summed E-state index contributed by atoms with van der Waals surface area (Å²) in [6, 6.07) is 6.09. The molecule has 1 fully saturated rings. The Morgan fingerprint density at radius 1 is 1.32 bits per heavy atom. The van der Waals surface area contributed by atoms with Gasteiger partial charge in [-0.1, -0.05) is 23.8 Å². The summed E-state index contributed by atoms with van der Waals surface area (Å²) < 4.78 is 27.2. The molecule has 140 valence electrons. The van der Waals surface area contributed by atoms with Crippen LogP contribution in [-0.2, 0) is 15.0 Å². The van der Waals surface area contributed by atoms with Crippen LogP contribution < -0.4 is 5.32 Å². The van der Waals surface area contributed by atoms with Crippen LogP contribution in [0.25, 0.3) is 0 Å². The standard InChI is InChI=1S/C18H29N3O3S/c1-13-8-9-14(2)17(11-13)15(3)19-18(22)16-7-6-10-21(12-16)25(23,24)20(4)5/h8-9,11,15-16H,6-7,10,12H2,1-5H3,(H,19,22)/t15-,16+/m1/s1. The molecule has 1 N–H and O–H groups in total. The van der Waals surface area contributed by atoms with Gasteiger partial charge in [-0.25, -0.2) is 0 Å². The topological polar surface area (TPSA) is 69.7 Å². The minimum absolute atomic E-state index is 0.0768. The maximum absolute atomic E-state index is 12.7. The molecule has 2 rings (SSSR count). The highest BCUT2D eigenvalue weighted by Gasteiger charge is 2.33. The van der Waals surface area contributed by atoms with E-state index in [1.807, 2.05) is 20.8 Å². The van der Waals surface area contributed by atoms with E-state index in [0.29, 0.717) is 19.4 Å². The van der Waals surface area contributed by atoms with E-state index in [9.17, 15) is 13.2 Å². The van der Waals surface area contributed by atoms with Crippen LogP contribution in [-0.4, -0.2) is 50.1 Å². The van der Waals surface area contributed by atoms with E-state index >= 15 is 0 Å².